The van der Waals surface area contributed by atoms with Crippen molar-refractivity contribution in [2.45, 2.75) is 32.7 Å². The molecule has 0 saturated carbocycles. The fourth-order valence-electron chi connectivity index (χ4n) is 3.48. The van der Waals surface area contributed by atoms with E-state index in [1.165, 1.54) is 5.56 Å². The average molecular weight is 395 g/mol. The normalized spacial score (nSPS) is 14.6. The molecule has 6 nitrogen and oxygen atoms in total. The van der Waals surface area contributed by atoms with E-state index in [4.69, 9.17) is 0 Å². The first kappa shape index (κ1) is 21.0. The Kier molecular flexibility index (Phi) is 7.76. The Labute approximate surface area is 172 Å². The summed E-state index contributed by atoms with van der Waals surface area (Å²) in [6.07, 6.45) is 4.71. The lowest BCUT2D eigenvalue weighted by molar-refractivity contribution is 0.0622. The molecule has 1 aliphatic rings. The Morgan fingerprint density at radius 2 is 1.79 bits per heavy atom. The minimum Gasteiger partial charge on any atom is -0.352 e. The summed E-state index contributed by atoms with van der Waals surface area (Å²) in [5, 5.41) is 2.91. The molecule has 2 heterocycles. The second-order valence-electron chi connectivity index (χ2n) is 7.45. The smallest absolute Gasteiger partial charge is 0.272 e. The molecule has 1 aromatic carbocycles. The van der Waals surface area contributed by atoms with E-state index >= 15 is 0 Å². The fraction of sp³-hybridized carbons (Fsp3) is 0.435. The number of piperazine rings is 1. The van der Waals surface area contributed by atoms with Crippen molar-refractivity contribution < 1.29 is 9.59 Å². The maximum absolute atomic E-state index is 12.9. The van der Waals surface area contributed by atoms with E-state index in [2.05, 4.69) is 34.3 Å². The number of hydrogen-bond donors (Lipinski definition) is 1. The number of carbonyl (C=O) groups excluding carboxylic acids is 2. The van der Waals surface area contributed by atoms with Crippen molar-refractivity contribution in [3.8, 4) is 0 Å². The SMILES string of the molecule is CCCCCNC(=O)c1ccnc(C(=O)N2CCN(Cc3ccccc3)CC2)c1. The summed E-state index contributed by atoms with van der Waals surface area (Å²) in [6.45, 7) is 6.68. The molecule has 6 heteroatoms. The Morgan fingerprint density at radius 3 is 2.52 bits per heavy atom. The van der Waals surface area contributed by atoms with Crippen LogP contribution in [0, 0.1) is 0 Å². The molecule has 0 bridgehead atoms. The van der Waals surface area contributed by atoms with Gasteiger partial charge in [0.1, 0.15) is 5.69 Å². The topological polar surface area (TPSA) is 65.5 Å². The number of aromatic nitrogens is 1. The number of carbonyl (C=O) groups is 2. The number of nitrogens with one attached hydrogen (secondary N) is 1. The van der Waals surface area contributed by atoms with E-state index in [1.54, 1.807) is 18.3 Å². The van der Waals surface area contributed by atoms with Gasteiger partial charge in [0, 0.05) is 51.0 Å². The molecule has 154 valence electrons. The van der Waals surface area contributed by atoms with Crippen LogP contribution >= 0.6 is 0 Å². The van der Waals surface area contributed by atoms with Crippen LogP contribution in [0.2, 0.25) is 0 Å². The Hall–Kier alpha value is -2.73. The summed E-state index contributed by atoms with van der Waals surface area (Å²) in [5.41, 5.74) is 2.11. The quantitative estimate of drug-likeness (QED) is 0.699. The Bertz CT molecular complexity index is 802. The van der Waals surface area contributed by atoms with Crippen LogP contribution in [0.25, 0.3) is 0 Å². The van der Waals surface area contributed by atoms with Crippen LogP contribution in [0.4, 0.5) is 0 Å². The van der Waals surface area contributed by atoms with Gasteiger partial charge in [-0.1, -0.05) is 50.1 Å². The van der Waals surface area contributed by atoms with E-state index in [9.17, 15) is 9.59 Å². The largest absolute Gasteiger partial charge is 0.352 e. The van der Waals surface area contributed by atoms with E-state index in [1.807, 2.05) is 23.1 Å². The third-order valence-electron chi connectivity index (χ3n) is 5.22. The lowest BCUT2D eigenvalue weighted by Gasteiger charge is -2.34. The highest BCUT2D eigenvalue weighted by molar-refractivity contribution is 5.98. The van der Waals surface area contributed by atoms with Crippen molar-refractivity contribution in [2.75, 3.05) is 32.7 Å². The minimum atomic E-state index is -0.148. The molecule has 1 saturated heterocycles. The van der Waals surface area contributed by atoms with Gasteiger partial charge in [-0.25, -0.2) is 0 Å². The van der Waals surface area contributed by atoms with Crippen LogP contribution in [0.15, 0.2) is 48.7 Å². The first-order valence-electron chi connectivity index (χ1n) is 10.5. The molecule has 0 atom stereocenters. The van der Waals surface area contributed by atoms with Gasteiger partial charge >= 0.3 is 0 Å². The number of benzene rings is 1. The van der Waals surface area contributed by atoms with Crippen molar-refractivity contribution >= 4 is 11.8 Å². The Balaban J connectivity index is 1.52. The second kappa shape index (κ2) is 10.7. The molecule has 3 rings (SSSR count). The summed E-state index contributed by atoms with van der Waals surface area (Å²) in [6, 6.07) is 13.6. The van der Waals surface area contributed by atoms with E-state index < -0.39 is 0 Å². The van der Waals surface area contributed by atoms with Crippen LogP contribution in [0.1, 0.15) is 52.6 Å². The van der Waals surface area contributed by atoms with Gasteiger partial charge in [-0.15, -0.1) is 0 Å². The number of pyridine rings is 1. The molecule has 29 heavy (non-hydrogen) atoms. The van der Waals surface area contributed by atoms with Gasteiger partial charge in [0.15, 0.2) is 0 Å². The first-order valence-corrected chi connectivity index (χ1v) is 10.5. The van der Waals surface area contributed by atoms with Gasteiger partial charge in [-0.2, -0.15) is 0 Å². The lowest BCUT2D eigenvalue weighted by Crippen LogP contribution is -2.48. The van der Waals surface area contributed by atoms with Gasteiger partial charge in [0.05, 0.1) is 0 Å². The number of nitrogens with zero attached hydrogens (tertiary/aromatic N) is 3. The van der Waals surface area contributed by atoms with Crippen LogP contribution in [-0.2, 0) is 6.54 Å². The van der Waals surface area contributed by atoms with Gasteiger partial charge in [-0.05, 0) is 24.1 Å². The highest BCUT2D eigenvalue weighted by atomic mass is 16.2. The van der Waals surface area contributed by atoms with Crippen LogP contribution in [0.5, 0.6) is 0 Å². The summed E-state index contributed by atoms with van der Waals surface area (Å²) < 4.78 is 0. The van der Waals surface area contributed by atoms with Crippen molar-refractivity contribution in [3.63, 3.8) is 0 Å². The van der Waals surface area contributed by atoms with E-state index in [0.29, 0.717) is 30.9 Å². The molecule has 0 aliphatic carbocycles. The molecule has 1 aromatic heterocycles. The lowest BCUT2D eigenvalue weighted by atomic mass is 10.1. The molecule has 1 N–H and O–H groups in total. The molecular formula is C23H30N4O2. The number of unbranched alkanes of at least 4 members (excludes halogenated alkanes) is 2. The van der Waals surface area contributed by atoms with E-state index in [-0.39, 0.29) is 11.8 Å². The van der Waals surface area contributed by atoms with Gasteiger partial charge in [0.2, 0.25) is 0 Å². The molecule has 0 unspecified atom stereocenters. The monoisotopic (exact) mass is 394 g/mol. The molecule has 2 amide bonds. The minimum absolute atomic E-state index is 0.106. The zero-order chi connectivity index (χ0) is 20.5. The molecular weight excluding hydrogens is 364 g/mol. The van der Waals surface area contributed by atoms with Gasteiger partial charge in [-0.3, -0.25) is 19.5 Å². The molecule has 1 aliphatic heterocycles. The summed E-state index contributed by atoms with van der Waals surface area (Å²) in [4.78, 5) is 33.5. The molecule has 0 radical (unpaired) electrons. The van der Waals surface area contributed by atoms with Gasteiger partial charge in [0.25, 0.3) is 11.8 Å². The fourth-order valence-corrected chi connectivity index (χ4v) is 3.48. The third-order valence-corrected chi connectivity index (χ3v) is 5.22. The van der Waals surface area contributed by atoms with Crippen LogP contribution in [-0.4, -0.2) is 59.3 Å². The average Bonchev–Trinajstić information content (AvgIpc) is 2.77. The summed E-state index contributed by atoms with van der Waals surface area (Å²) in [5.74, 6) is -0.254. The molecule has 0 spiro atoms. The number of rotatable bonds is 8. The summed E-state index contributed by atoms with van der Waals surface area (Å²) in [7, 11) is 0. The maximum atomic E-state index is 12.9. The van der Waals surface area contributed by atoms with Crippen LogP contribution in [0.3, 0.4) is 0 Å². The van der Waals surface area contributed by atoms with E-state index in [0.717, 1.165) is 38.9 Å². The number of hydrogen-bond acceptors (Lipinski definition) is 4. The Morgan fingerprint density at radius 1 is 1.03 bits per heavy atom. The van der Waals surface area contributed by atoms with Crippen molar-refractivity contribution in [1.82, 2.24) is 20.1 Å². The maximum Gasteiger partial charge on any atom is 0.272 e. The van der Waals surface area contributed by atoms with Crippen molar-refractivity contribution in [3.05, 3.63) is 65.5 Å². The standard InChI is InChI=1S/C23H30N4O2/c1-2-3-7-11-25-22(28)20-10-12-24-21(17-20)23(29)27-15-13-26(14-16-27)18-19-8-5-4-6-9-19/h4-6,8-10,12,17H,2-3,7,11,13-16,18H2,1H3,(H,25,28). The first-order chi connectivity index (χ1) is 14.2. The van der Waals surface area contributed by atoms with Crippen LogP contribution < -0.4 is 5.32 Å². The number of amides is 2. The predicted molar refractivity (Wildman–Crippen MR) is 114 cm³/mol. The molecule has 1 fully saturated rings. The van der Waals surface area contributed by atoms with Gasteiger partial charge < -0.3 is 10.2 Å². The zero-order valence-corrected chi connectivity index (χ0v) is 17.1. The second-order valence-corrected chi connectivity index (χ2v) is 7.45. The highest BCUT2D eigenvalue weighted by Crippen LogP contribution is 2.12. The zero-order valence-electron chi connectivity index (χ0n) is 17.1. The van der Waals surface area contributed by atoms with Crippen molar-refractivity contribution in [2.24, 2.45) is 0 Å². The third kappa shape index (κ3) is 6.12. The van der Waals surface area contributed by atoms with Crippen molar-refractivity contribution in [1.29, 1.82) is 0 Å². The molecule has 2 aromatic rings. The summed E-state index contributed by atoms with van der Waals surface area (Å²) >= 11 is 0. The predicted octanol–water partition coefficient (Wildman–Crippen LogP) is 2.96. The highest BCUT2D eigenvalue weighted by Gasteiger charge is 2.23.